The number of nitrogens with one attached hydrogen (secondary N) is 1. The first-order valence-electron chi connectivity index (χ1n) is 11.0. The predicted octanol–water partition coefficient (Wildman–Crippen LogP) is 4.24. The van der Waals surface area contributed by atoms with E-state index in [4.69, 9.17) is 9.47 Å². The van der Waals surface area contributed by atoms with E-state index < -0.39 is 0 Å². The third kappa shape index (κ3) is 5.65. The van der Waals surface area contributed by atoms with Gasteiger partial charge in [-0.15, -0.1) is 0 Å². The summed E-state index contributed by atoms with van der Waals surface area (Å²) < 4.78 is 11.1. The number of ether oxygens (including phenoxy) is 2. The van der Waals surface area contributed by atoms with Crippen molar-refractivity contribution in [3.8, 4) is 11.5 Å². The molecule has 1 atom stereocenters. The van der Waals surface area contributed by atoms with Gasteiger partial charge in [0.2, 0.25) is 0 Å². The first-order chi connectivity index (χ1) is 15.7. The minimum absolute atomic E-state index is 0.0819. The molecule has 166 valence electrons. The Bertz CT molecular complexity index is 985. The molecule has 32 heavy (non-hydrogen) atoms. The molecule has 6 heteroatoms. The van der Waals surface area contributed by atoms with Crippen LogP contribution in [0, 0.1) is 0 Å². The summed E-state index contributed by atoms with van der Waals surface area (Å²) in [5, 5.41) is 3.12. The molecule has 1 amide bonds. The average molecular weight is 432 g/mol. The highest BCUT2D eigenvalue weighted by Crippen LogP contribution is 2.26. The second-order valence-corrected chi connectivity index (χ2v) is 7.92. The minimum Gasteiger partial charge on any atom is -0.497 e. The van der Waals surface area contributed by atoms with Gasteiger partial charge in [0.1, 0.15) is 18.1 Å². The number of rotatable bonds is 9. The Balaban J connectivity index is 1.35. The summed E-state index contributed by atoms with van der Waals surface area (Å²) in [5.41, 5.74) is 2.81. The number of hydrogen-bond donors (Lipinski definition) is 1. The Morgan fingerprint density at radius 3 is 2.41 bits per heavy atom. The van der Waals surface area contributed by atoms with E-state index in [1.54, 1.807) is 31.6 Å². The molecule has 2 aromatic carbocycles. The molecule has 6 nitrogen and oxygen atoms in total. The first kappa shape index (κ1) is 21.8. The summed E-state index contributed by atoms with van der Waals surface area (Å²) in [4.78, 5) is 19.3. The molecule has 1 aliphatic rings. The Kier molecular flexibility index (Phi) is 7.35. The number of carbonyl (C=O) groups excluding carboxylic acids is 1. The molecular weight excluding hydrogens is 402 g/mol. The van der Waals surface area contributed by atoms with Crippen molar-refractivity contribution < 1.29 is 14.3 Å². The normalized spacial score (nSPS) is 14.7. The van der Waals surface area contributed by atoms with Crippen molar-refractivity contribution in [3.05, 3.63) is 89.7 Å². The summed E-state index contributed by atoms with van der Waals surface area (Å²) in [5.74, 6) is 1.48. The molecule has 1 N–H and O–H groups in total. The molecule has 0 saturated carbocycles. The van der Waals surface area contributed by atoms with Gasteiger partial charge >= 0.3 is 0 Å². The number of aromatic nitrogens is 1. The lowest BCUT2D eigenvalue weighted by Gasteiger charge is -2.28. The molecule has 1 fully saturated rings. The van der Waals surface area contributed by atoms with Crippen LogP contribution in [0.4, 0.5) is 0 Å². The van der Waals surface area contributed by atoms with Crippen molar-refractivity contribution in [2.45, 2.75) is 25.5 Å². The van der Waals surface area contributed by atoms with Gasteiger partial charge in [-0.05, 0) is 74.0 Å². The molecule has 0 radical (unpaired) electrons. The van der Waals surface area contributed by atoms with E-state index in [2.05, 4.69) is 27.3 Å². The standard InChI is InChI=1S/C26H29N3O3/c1-31-23-10-6-21(7-11-23)25(29-15-2-3-16-29)18-28-26(30)22-8-12-24(13-9-22)32-19-20-5-4-14-27-17-20/h4-14,17,25H,2-3,15-16,18-19H2,1H3,(H,28,30). The number of benzene rings is 2. The highest BCUT2D eigenvalue weighted by molar-refractivity contribution is 5.94. The number of nitrogens with zero attached hydrogens (tertiary/aromatic N) is 2. The van der Waals surface area contributed by atoms with E-state index in [0.717, 1.165) is 30.2 Å². The number of hydrogen-bond acceptors (Lipinski definition) is 5. The van der Waals surface area contributed by atoms with Crippen LogP contribution in [0.3, 0.4) is 0 Å². The summed E-state index contributed by atoms with van der Waals surface area (Å²) in [6.45, 7) is 3.11. The van der Waals surface area contributed by atoms with Crippen molar-refractivity contribution in [2.24, 2.45) is 0 Å². The molecule has 0 bridgehead atoms. The fraction of sp³-hybridized carbons (Fsp3) is 0.308. The van der Waals surface area contributed by atoms with Gasteiger partial charge in [-0.2, -0.15) is 0 Å². The van der Waals surface area contributed by atoms with E-state index in [0.29, 0.717) is 18.7 Å². The van der Waals surface area contributed by atoms with Gasteiger partial charge in [-0.3, -0.25) is 14.7 Å². The van der Waals surface area contributed by atoms with Crippen LogP contribution in [-0.4, -0.2) is 42.5 Å². The zero-order valence-electron chi connectivity index (χ0n) is 18.4. The Labute approximate surface area is 189 Å². The zero-order valence-corrected chi connectivity index (χ0v) is 18.4. The zero-order chi connectivity index (χ0) is 22.2. The van der Waals surface area contributed by atoms with Gasteiger partial charge < -0.3 is 14.8 Å². The molecule has 0 spiro atoms. The van der Waals surface area contributed by atoms with Crippen molar-refractivity contribution in [3.63, 3.8) is 0 Å². The quantitative estimate of drug-likeness (QED) is 0.549. The van der Waals surface area contributed by atoms with Crippen molar-refractivity contribution in [1.82, 2.24) is 15.2 Å². The van der Waals surface area contributed by atoms with Crippen LogP contribution in [0.15, 0.2) is 73.1 Å². The largest absolute Gasteiger partial charge is 0.497 e. The van der Waals surface area contributed by atoms with Gasteiger partial charge in [0.05, 0.1) is 13.2 Å². The number of methoxy groups -OCH3 is 1. The van der Waals surface area contributed by atoms with Gasteiger partial charge in [-0.25, -0.2) is 0 Å². The molecule has 4 rings (SSSR count). The summed E-state index contributed by atoms with van der Waals surface area (Å²) in [6.07, 6.45) is 5.91. The van der Waals surface area contributed by atoms with Crippen LogP contribution in [-0.2, 0) is 6.61 Å². The topological polar surface area (TPSA) is 63.7 Å². The lowest BCUT2D eigenvalue weighted by Crippen LogP contribution is -2.36. The molecular formula is C26H29N3O3. The second-order valence-electron chi connectivity index (χ2n) is 7.92. The molecule has 1 saturated heterocycles. The average Bonchev–Trinajstić information content (AvgIpc) is 3.39. The highest BCUT2D eigenvalue weighted by atomic mass is 16.5. The van der Waals surface area contributed by atoms with E-state index in [9.17, 15) is 4.79 Å². The Hall–Kier alpha value is -3.38. The monoisotopic (exact) mass is 431 g/mol. The number of pyridine rings is 1. The maximum Gasteiger partial charge on any atom is 0.251 e. The van der Waals surface area contributed by atoms with Crippen molar-refractivity contribution >= 4 is 5.91 Å². The molecule has 1 unspecified atom stereocenters. The molecule has 2 heterocycles. The summed E-state index contributed by atoms with van der Waals surface area (Å²) in [6, 6.07) is 19.4. The smallest absolute Gasteiger partial charge is 0.251 e. The lowest BCUT2D eigenvalue weighted by atomic mass is 10.0. The van der Waals surface area contributed by atoms with Crippen molar-refractivity contribution in [1.29, 1.82) is 0 Å². The lowest BCUT2D eigenvalue weighted by molar-refractivity contribution is 0.0938. The summed E-state index contributed by atoms with van der Waals surface area (Å²) in [7, 11) is 1.67. The predicted molar refractivity (Wildman–Crippen MR) is 124 cm³/mol. The van der Waals surface area contributed by atoms with Gasteiger partial charge in [0, 0.05) is 30.1 Å². The van der Waals surface area contributed by atoms with Crippen LogP contribution in [0.2, 0.25) is 0 Å². The SMILES string of the molecule is COc1ccc(C(CNC(=O)c2ccc(OCc3cccnc3)cc2)N2CCCC2)cc1. The van der Waals surface area contributed by atoms with Gasteiger partial charge in [0.25, 0.3) is 5.91 Å². The molecule has 1 aromatic heterocycles. The molecule has 1 aliphatic heterocycles. The Morgan fingerprint density at radius 1 is 1.03 bits per heavy atom. The van der Waals surface area contributed by atoms with Crippen LogP contribution in [0.5, 0.6) is 11.5 Å². The Morgan fingerprint density at radius 2 is 1.75 bits per heavy atom. The second kappa shape index (κ2) is 10.8. The maximum atomic E-state index is 12.8. The van der Waals surface area contributed by atoms with E-state index in [-0.39, 0.29) is 11.9 Å². The van der Waals surface area contributed by atoms with Crippen LogP contribution >= 0.6 is 0 Å². The fourth-order valence-corrected chi connectivity index (χ4v) is 3.98. The third-order valence-corrected chi connectivity index (χ3v) is 5.78. The van der Waals surface area contributed by atoms with Crippen LogP contribution in [0.25, 0.3) is 0 Å². The van der Waals surface area contributed by atoms with Crippen LogP contribution in [0.1, 0.15) is 40.4 Å². The number of likely N-dealkylation sites (tertiary alicyclic amines) is 1. The van der Waals surface area contributed by atoms with E-state index >= 15 is 0 Å². The van der Waals surface area contributed by atoms with Crippen molar-refractivity contribution in [2.75, 3.05) is 26.7 Å². The summed E-state index contributed by atoms with van der Waals surface area (Å²) >= 11 is 0. The van der Waals surface area contributed by atoms with Gasteiger partial charge in [-0.1, -0.05) is 18.2 Å². The minimum atomic E-state index is -0.0819. The van der Waals surface area contributed by atoms with E-state index in [1.807, 2.05) is 36.4 Å². The third-order valence-electron chi connectivity index (χ3n) is 5.78. The number of amides is 1. The highest BCUT2D eigenvalue weighted by Gasteiger charge is 2.24. The molecule has 0 aliphatic carbocycles. The van der Waals surface area contributed by atoms with Gasteiger partial charge in [0.15, 0.2) is 0 Å². The molecule has 3 aromatic rings. The fourth-order valence-electron chi connectivity index (χ4n) is 3.98. The van der Waals surface area contributed by atoms with Crippen LogP contribution < -0.4 is 14.8 Å². The first-order valence-corrected chi connectivity index (χ1v) is 11.0. The van der Waals surface area contributed by atoms with E-state index in [1.165, 1.54) is 18.4 Å². The number of carbonyl (C=O) groups is 1. The maximum absolute atomic E-state index is 12.8.